The van der Waals surface area contributed by atoms with Crippen LogP contribution < -0.4 is 4.90 Å². The molecule has 240 valence electrons. The predicted octanol–water partition coefficient (Wildman–Crippen LogP) is 12.9. The van der Waals surface area contributed by atoms with Crippen LogP contribution in [-0.2, 0) is 0 Å². The first-order chi connectivity index (χ1) is 25.3. The molecule has 51 heavy (non-hydrogen) atoms. The van der Waals surface area contributed by atoms with Gasteiger partial charge in [-0.05, 0) is 71.8 Å². The Morgan fingerprint density at radius 1 is 0.431 bits per heavy atom. The molecule has 8 aromatic carbocycles. The van der Waals surface area contributed by atoms with E-state index in [-0.39, 0.29) is 0 Å². The molecule has 2 heterocycles. The Labute approximate surface area is 295 Å². The molecule has 0 aliphatic carbocycles. The predicted molar refractivity (Wildman–Crippen MR) is 211 cm³/mol. The van der Waals surface area contributed by atoms with E-state index < -0.39 is 0 Å². The number of oxazole rings is 1. The van der Waals surface area contributed by atoms with Gasteiger partial charge in [0, 0.05) is 44.2 Å². The fourth-order valence-electron chi connectivity index (χ4n) is 7.46. The lowest BCUT2D eigenvalue weighted by Gasteiger charge is -2.27. The van der Waals surface area contributed by atoms with Gasteiger partial charge in [-0.1, -0.05) is 127 Å². The minimum Gasteiger partial charge on any atom is -0.435 e. The third-order valence-electron chi connectivity index (χ3n) is 9.78. The molecule has 10 aromatic rings. The van der Waals surface area contributed by atoms with Gasteiger partial charge in [0.2, 0.25) is 5.89 Å². The van der Waals surface area contributed by atoms with Crippen molar-refractivity contribution in [2.45, 2.75) is 0 Å². The number of hydrogen-bond donors (Lipinski definition) is 0. The Bertz CT molecular complexity index is 2850. The maximum absolute atomic E-state index is 6.51. The largest absolute Gasteiger partial charge is 0.435 e. The van der Waals surface area contributed by atoms with Crippen LogP contribution in [0.2, 0.25) is 0 Å². The molecule has 0 atom stereocenters. The Morgan fingerprint density at radius 2 is 1.04 bits per heavy atom. The summed E-state index contributed by atoms with van der Waals surface area (Å²) in [7, 11) is 0. The molecule has 0 aliphatic heterocycles. The second-order valence-corrected chi connectivity index (χ2v) is 12.8. The maximum atomic E-state index is 6.51. The van der Waals surface area contributed by atoms with Crippen molar-refractivity contribution in [3.8, 4) is 28.3 Å². The topological polar surface area (TPSA) is 34.2 Å². The normalized spacial score (nSPS) is 11.5. The van der Waals surface area contributed by atoms with E-state index in [0.717, 1.165) is 61.3 Å². The lowest BCUT2D eigenvalue weighted by Crippen LogP contribution is -2.11. The Kier molecular flexibility index (Phi) is 6.78. The van der Waals surface area contributed by atoms with Crippen LogP contribution in [0.4, 0.5) is 17.1 Å². The van der Waals surface area contributed by atoms with Gasteiger partial charge in [0.1, 0.15) is 5.52 Å². The first kappa shape index (κ1) is 29.0. The summed E-state index contributed by atoms with van der Waals surface area (Å²) < 4.78 is 8.89. The summed E-state index contributed by atoms with van der Waals surface area (Å²) in [4.78, 5) is 7.44. The van der Waals surface area contributed by atoms with Crippen molar-refractivity contribution in [3.63, 3.8) is 0 Å². The van der Waals surface area contributed by atoms with Crippen LogP contribution in [0.1, 0.15) is 0 Å². The van der Waals surface area contributed by atoms with E-state index >= 15 is 0 Å². The Morgan fingerprint density at radius 3 is 1.82 bits per heavy atom. The summed E-state index contributed by atoms with van der Waals surface area (Å²) in [5.41, 5.74) is 11.4. The molecule has 0 aliphatic rings. The standard InChI is InChI=1S/C47H31N3O/c1-4-15-32(16-5-1)34-19-14-22-36(29-34)49(37-27-28-40-38-23-12-13-26-43(38)50(44(40)30-37)35-20-8-3-9-21-35)45-31-42-46(41-25-11-10-24-39(41)45)51-47(48-42)33-17-6-2-7-18-33/h1-31H. The number of para-hydroxylation sites is 2. The van der Waals surface area contributed by atoms with Crippen LogP contribution >= 0.6 is 0 Å². The van der Waals surface area contributed by atoms with E-state index in [2.05, 4.69) is 167 Å². The zero-order valence-corrected chi connectivity index (χ0v) is 27.6. The van der Waals surface area contributed by atoms with Crippen LogP contribution in [0.5, 0.6) is 0 Å². The van der Waals surface area contributed by atoms with Crippen molar-refractivity contribution >= 4 is 60.7 Å². The molecular formula is C47H31N3O. The maximum Gasteiger partial charge on any atom is 0.227 e. The zero-order chi connectivity index (χ0) is 33.7. The average molecular weight is 654 g/mol. The summed E-state index contributed by atoms with van der Waals surface area (Å²) in [5.74, 6) is 0.610. The quantitative estimate of drug-likeness (QED) is 0.179. The highest BCUT2D eigenvalue weighted by atomic mass is 16.3. The Balaban J connectivity index is 1.27. The lowest BCUT2D eigenvalue weighted by atomic mass is 10.0. The molecule has 0 radical (unpaired) electrons. The Hall–Kier alpha value is -6.91. The van der Waals surface area contributed by atoms with Crippen molar-refractivity contribution in [2.75, 3.05) is 4.90 Å². The molecule has 10 rings (SSSR count). The number of fused-ring (bicyclic) bond motifs is 6. The number of aromatic nitrogens is 2. The van der Waals surface area contributed by atoms with Gasteiger partial charge in [-0.2, -0.15) is 0 Å². The molecule has 4 heteroatoms. The summed E-state index contributed by atoms with van der Waals surface area (Å²) in [6.07, 6.45) is 0. The van der Waals surface area contributed by atoms with E-state index in [0.29, 0.717) is 5.89 Å². The second kappa shape index (κ2) is 11.9. The molecule has 0 saturated carbocycles. The molecule has 0 saturated heterocycles. The molecule has 4 nitrogen and oxygen atoms in total. The highest BCUT2D eigenvalue weighted by Gasteiger charge is 2.22. The highest BCUT2D eigenvalue weighted by Crippen LogP contribution is 2.45. The van der Waals surface area contributed by atoms with Gasteiger partial charge in [-0.3, -0.25) is 0 Å². The first-order valence-electron chi connectivity index (χ1n) is 17.2. The van der Waals surface area contributed by atoms with Gasteiger partial charge in [0.15, 0.2) is 5.58 Å². The van der Waals surface area contributed by atoms with Crippen molar-refractivity contribution < 1.29 is 4.42 Å². The van der Waals surface area contributed by atoms with E-state index in [1.165, 1.54) is 21.9 Å². The molecule has 0 unspecified atom stereocenters. The number of anilines is 3. The van der Waals surface area contributed by atoms with E-state index in [1.807, 2.05) is 30.3 Å². The first-order valence-corrected chi connectivity index (χ1v) is 17.2. The molecule has 0 N–H and O–H groups in total. The van der Waals surface area contributed by atoms with Gasteiger partial charge in [0.25, 0.3) is 0 Å². The minimum absolute atomic E-state index is 0.610. The highest BCUT2D eigenvalue weighted by molar-refractivity contribution is 6.13. The monoisotopic (exact) mass is 653 g/mol. The van der Waals surface area contributed by atoms with Crippen LogP contribution in [0.25, 0.3) is 71.9 Å². The van der Waals surface area contributed by atoms with Crippen LogP contribution in [0.3, 0.4) is 0 Å². The molecule has 0 bridgehead atoms. The van der Waals surface area contributed by atoms with Crippen molar-refractivity contribution in [1.82, 2.24) is 9.55 Å². The smallest absolute Gasteiger partial charge is 0.227 e. The van der Waals surface area contributed by atoms with Crippen molar-refractivity contribution in [3.05, 3.63) is 188 Å². The van der Waals surface area contributed by atoms with Crippen LogP contribution in [-0.4, -0.2) is 9.55 Å². The number of nitrogens with zero attached hydrogens (tertiary/aromatic N) is 3. The number of rotatable bonds is 6. The van der Waals surface area contributed by atoms with Gasteiger partial charge in [0.05, 0.1) is 16.7 Å². The summed E-state index contributed by atoms with van der Waals surface area (Å²) in [5, 5.41) is 4.53. The molecular weight excluding hydrogens is 623 g/mol. The fourth-order valence-corrected chi connectivity index (χ4v) is 7.46. The molecule has 0 spiro atoms. The molecule has 0 fully saturated rings. The van der Waals surface area contributed by atoms with E-state index in [1.54, 1.807) is 0 Å². The van der Waals surface area contributed by atoms with Crippen molar-refractivity contribution in [1.29, 1.82) is 0 Å². The summed E-state index contributed by atoms with van der Waals surface area (Å²) in [6, 6.07) is 66.3. The van der Waals surface area contributed by atoms with Gasteiger partial charge in [-0.15, -0.1) is 0 Å². The summed E-state index contributed by atoms with van der Waals surface area (Å²) >= 11 is 0. The molecule has 0 amide bonds. The van der Waals surface area contributed by atoms with Crippen LogP contribution in [0, 0.1) is 0 Å². The number of benzene rings is 8. The van der Waals surface area contributed by atoms with Gasteiger partial charge >= 0.3 is 0 Å². The summed E-state index contributed by atoms with van der Waals surface area (Å²) in [6.45, 7) is 0. The third kappa shape index (κ3) is 4.88. The van der Waals surface area contributed by atoms with E-state index in [4.69, 9.17) is 9.40 Å². The molecule has 2 aromatic heterocycles. The van der Waals surface area contributed by atoms with E-state index in [9.17, 15) is 0 Å². The average Bonchev–Trinajstić information content (AvgIpc) is 3.79. The van der Waals surface area contributed by atoms with Crippen LogP contribution in [0.15, 0.2) is 192 Å². The minimum atomic E-state index is 0.610. The van der Waals surface area contributed by atoms with Gasteiger partial charge in [-0.25, -0.2) is 4.98 Å². The second-order valence-electron chi connectivity index (χ2n) is 12.8. The lowest BCUT2D eigenvalue weighted by molar-refractivity contribution is 0.623. The van der Waals surface area contributed by atoms with Crippen molar-refractivity contribution in [2.24, 2.45) is 0 Å². The third-order valence-corrected chi connectivity index (χ3v) is 9.78. The number of hydrogen-bond acceptors (Lipinski definition) is 3. The fraction of sp³-hybridized carbons (Fsp3) is 0. The van der Waals surface area contributed by atoms with Gasteiger partial charge < -0.3 is 13.9 Å². The zero-order valence-electron chi connectivity index (χ0n) is 27.6. The SMILES string of the molecule is c1ccc(-c2cccc(N(c3ccc4c5ccccc5n(-c5ccccc5)c4c3)c3cc4nc(-c5ccccc5)oc4c4ccccc34)c2)cc1.